The van der Waals surface area contributed by atoms with Crippen molar-refractivity contribution in [1.82, 2.24) is 9.80 Å². The minimum absolute atomic E-state index is 0.0686. The zero-order valence-corrected chi connectivity index (χ0v) is 17.4. The molecule has 2 aliphatic rings. The molecule has 148 valence electrons. The van der Waals surface area contributed by atoms with Gasteiger partial charge in [0.2, 0.25) is 17.7 Å². The first-order valence-electron chi connectivity index (χ1n) is 10.1. The molecule has 0 bridgehead atoms. The van der Waals surface area contributed by atoms with Crippen molar-refractivity contribution in [2.24, 2.45) is 22.7 Å². The summed E-state index contributed by atoms with van der Waals surface area (Å²) in [6.45, 7) is 14.7. The summed E-state index contributed by atoms with van der Waals surface area (Å²) in [7, 11) is 0. The van der Waals surface area contributed by atoms with E-state index in [9.17, 15) is 14.4 Å². The zero-order chi connectivity index (χ0) is 19.7. The normalized spacial score (nSPS) is 27.1. The molecule has 26 heavy (non-hydrogen) atoms. The Labute approximate surface area is 158 Å². The average molecular weight is 365 g/mol. The van der Waals surface area contributed by atoms with E-state index in [0.717, 1.165) is 25.9 Å². The Balaban J connectivity index is 1.84. The second kappa shape index (κ2) is 7.69. The summed E-state index contributed by atoms with van der Waals surface area (Å²) in [5, 5.41) is 0. The Bertz CT molecular complexity index is 564. The molecule has 2 heterocycles. The number of likely N-dealkylation sites (tertiary alicyclic amines) is 2. The molecule has 2 aliphatic heterocycles. The highest BCUT2D eigenvalue weighted by Gasteiger charge is 2.44. The van der Waals surface area contributed by atoms with Crippen LogP contribution < -0.4 is 0 Å². The van der Waals surface area contributed by atoms with Gasteiger partial charge in [0.25, 0.3) is 0 Å². The van der Waals surface area contributed by atoms with Crippen LogP contribution in [-0.4, -0.2) is 47.2 Å². The molecule has 2 fully saturated rings. The van der Waals surface area contributed by atoms with Gasteiger partial charge in [-0.05, 0) is 36.0 Å². The van der Waals surface area contributed by atoms with Crippen LogP contribution in [0.25, 0.3) is 0 Å². The molecule has 2 rings (SSSR count). The third-order valence-corrected chi connectivity index (χ3v) is 6.73. The molecule has 0 aromatic rings. The minimum Gasteiger partial charge on any atom is -0.342 e. The zero-order valence-electron chi connectivity index (χ0n) is 17.4. The van der Waals surface area contributed by atoms with Crippen molar-refractivity contribution in [3.63, 3.8) is 0 Å². The number of amides is 3. The molecule has 0 N–H and O–H groups in total. The summed E-state index contributed by atoms with van der Waals surface area (Å²) < 4.78 is 0. The van der Waals surface area contributed by atoms with Crippen LogP contribution in [-0.2, 0) is 14.4 Å². The monoisotopic (exact) mass is 364 g/mol. The van der Waals surface area contributed by atoms with Gasteiger partial charge in [-0.1, -0.05) is 41.5 Å². The maximum atomic E-state index is 12.6. The molecule has 5 nitrogen and oxygen atoms in total. The van der Waals surface area contributed by atoms with Crippen LogP contribution in [0.2, 0.25) is 0 Å². The van der Waals surface area contributed by atoms with E-state index in [1.807, 2.05) is 25.7 Å². The fourth-order valence-corrected chi connectivity index (χ4v) is 4.42. The number of rotatable bonds is 6. The molecule has 2 saturated heterocycles. The summed E-state index contributed by atoms with van der Waals surface area (Å²) in [4.78, 5) is 40.6. The van der Waals surface area contributed by atoms with Crippen molar-refractivity contribution >= 4 is 17.7 Å². The quantitative estimate of drug-likeness (QED) is 0.678. The Morgan fingerprint density at radius 2 is 1.92 bits per heavy atom. The first-order valence-corrected chi connectivity index (χ1v) is 10.1. The lowest BCUT2D eigenvalue weighted by Crippen LogP contribution is -2.36. The number of carbonyl (C=O) groups excluding carboxylic acids is 3. The lowest BCUT2D eigenvalue weighted by atomic mass is 9.74. The van der Waals surface area contributed by atoms with Gasteiger partial charge >= 0.3 is 0 Å². The summed E-state index contributed by atoms with van der Waals surface area (Å²) in [5.41, 5.74) is 0.0453. The van der Waals surface area contributed by atoms with Gasteiger partial charge in [-0.15, -0.1) is 0 Å². The smallest absolute Gasteiger partial charge is 0.233 e. The third kappa shape index (κ3) is 4.12. The lowest BCUT2D eigenvalue weighted by molar-refractivity contribution is -0.141. The topological polar surface area (TPSA) is 57.7 Å². The largest absolute Gasteiger partial charge is 0.342 e. The highest BCUT2D eigenvalue weighted by atomic mass is 16.2. The maximum absolute atomic E-state index is 12.6. The third-order valence-electron chi connectivity index (χ3n) is 6.73. The number of imide groups is 1. The summed E-state index contributed by atoms with van der Waals surface area (Å²) in [6, 6.07) is 0. The highest BCUT2D eigenvalue weighted by molar-refractivity contribution is 6.03. The van der Waals surface area contributed by atoms with Crippen LogP contribution in [0.5, 0.6) is 0 Å². The fraction of sp³-hybridized carbons (Fsp3) is 0.857. The number of hydrogen-bond donors (Lipinski definition) is 0. The molecular weight excluding hydrogens is 328 g/mol. The predicted molar refractivity (Wildman–Crippen MR) is 102 cm³/mol. The highest BCUT2D eigenvalue weighted by Crippen LogP contribution is 2.41. The van der Waals surface area contributed by atoms with E-state index >= 15 is 0 Å². The van der Waals surface area contributed by atoms with Crippen molar-refractivity contribution in [3.8, 4) is 0 Å². The molecule has 2 unspecified atom stereocenters. The minimum atomic E-state index is -0.236. The molecule has 3 amide bonds. The van der Waals surface area contributed by atoms with Crippen molar-refractivity contribution in [2.45, 2.75) is 73.6 Å². The Hall–Kier alpha value is -1.39. The molecule has 0 radical (unpaired) electrons. The van der Waals surface area contributed by atoms with Crippen molar-refractivity contribution < 1.29 is 14.4 Å². The number of hydrogen-bond acceptors (Lipinski definition) is 3. The van der Waals surface area contributed by atoms with Crippen LogP contribution in [0, 0.1) is 22.7 Å². The van der Waals surface area contributed by atoms with E-state index < -0.39 is 0 Å². The Kier molecular flexibility index (Phi) is 6.19. The summed E-state index contributed by atoms with van der Waals surface area (Å²) in [5.74, 6) is 0.335. The fourth-order valence-electron chi connectivity index (χ4n) is 4.42. The first-order chi connectivity index (χ1) is 12.0. The Morgan fingerprint density at radius 1 is 1.27 bits per heavy atom. The molecule has 0 saturated carbocycles. The van der Waals surface area contributed by atoms with Gasteiger partial charge in [-0.3, -0.25) is 19.3 Å². The SMILES string of the molecule is CCC1(C(C)C)CCN(C(=O)CCCN2C(=O)CC(C(C)(C)C)C2=O)C1. The first kappa shape index (κ1) is 20.9. The van der Waals surface area contributed by atoms with Gasteiger partial charge in [0.15, 0.2) is 0 Å². The van der Waals surface area contributed by atoms with Crippen LogP contribution in [0.4, 0.5) is 0 Å². The lowest BCUT2D eigenvalue weighted by Gasteiger charge is -2.32. The van der Waals surface area contributed by atoms with E-state index in [0.29, 0.717) is 31.7 Å². The van der Waals surface area contributed by atoms with Crippen LogP contribution in [0.15, 0.2) is 0 Å². The van der Waals surface area contributed by atoms with Gasteiger partial charge in [-0.2, -0.15) is 0 Å². The second-order valence-electron chi connectivity index (χ2n) is 9.55. The molecule has 0 aromatic carbocycles. The van der Waals surface area contributed by atoms with Crippen molar-refractivity contribution in [2.75, 3.05) is 19.6 Å². The van der Waals surface area contributed by atoms with Gasteiger partial charge in [0.1, 0.15) is 0 Å². The van der Waals surface area contributed by atoms with E-state index in [-0.39, 0.29) is 34.5 Å². The van der Waals surface area contributed by atoms with Crippen molar-refractivity contribution in [3.05, 3.63) is 0 Å². The number of carbonyl (C=O) groups is 3. The summed E-state index contributed by atoms with van der Waals surface area (Å²) in [6.07, 6.45) is 3.44. The van der Waals surface area contributed by atoms with Gasteiger partial charge < -0.3 is 4.90 Å². The molecule has 0 spiro atoms. The molecule has 0 aliphatic carbocycles. The van der Waals surface area contributed by atoms with Gasteiger partial charge in [0, 0.05) is 32.5 Å². The van der Waals surface area contributed by atoms with Crippen LogP contribution >= 0.6 is 0 Å². The van der Waals surface area contributed by atoms with E-state index in [2.05, 4.69) is 20.8 Å². The Morgan fingerprint density at radius 3 is 2.38 bits per heavy atom. The van der Waals surface area contributed by atoms with E-state index in [1.54, 1.807) is 0 Å². The van der Waals surface area contributed by atoms with Gasteiger partial charge in [0.05, 0.1) is 5.92 Å². The van der Waals surface area contributed by atoms with Crippen LogP contribution in [0.3, 0.4) is 0 Å². The molecular formula is C21H36N2O3. The standard InChI is InChI=1S/C21H36N2O3/c1-7-21(15(2)3)10-12-22(14-21)17(24)9-8-11-23-18(25)13-16(19(23)26)20(4,5)6/h15-16H,7-14H2,1-6H3. The van der Waals surface area contributed by atoms with Crippen molar-refractivity contribution in [1.29, 1.82) is 0 Å². The second-order valence-corrected chi connectivity index (χ2v) is 9.55. The summed E-state index contributed by atoms with van der Waals surface area (Å²) >= 11 is 0. The molecule has 0 aromatic heterocycles. The predicted octanol–water partition coefficient (Wildman–Crippen LogP) is 3.47. The molecule has 5 heteroatoms. The average Bonchev–Trinajstić information content (AvgIpc) is 3.11. The number of nitrogens with zero attached hydrogens (tertiary/aromatic N) is 2. The molecule has 2 atom stereocenters. The van der Waals surface area contributed by atoms with E-state index in [1.165, 1.54) is 4.90 Å². The van der Waals surface area contributed by atoms with Crippen LogP contribution in [0.1, 0.15) is 73.6 Å². The maximum Gasteiger partial charge on any atom is 0.233 e. The van der Waals surface area contributed by atoms with Gasteiger partial charge in [-0.25, -0.2) is 0 Å². The van der Waals surface area contributed by atoms with E-state index in [4.69, 9.17) is 0 Å².